The molecule has 0 aliphatic carbocycles. The molecule has 1 rings (SSSR count). The van der Waals surface area contributed by atoms with Crippen LogP contribution in [0.2, 0.25) is 0 Å². The fraction of sp³-hybridized carbons (Fsp3) is 0.611. The molecule has 0 fully saturated rings. The van der Waals surface area contributed by atoms with Crippen molar-refractivity contribution in [1.82, 2.24) is 0 Å². The van der Waals surface area contributed by atoms with Gasteiger partial charge in [0.15, 0.2) is 11.6 Å². The molecule has 2 nitrogen and oxygen atoms in total. The quantitative estimate of drug-likeness (QED) is 0.532. The zero-order chi connectivity index (χ0) is 15.5. The topological polar surface area (TPSA) is 26.3 Å². The summed E-state index contributed by atoms with van der Waals surface area (Å²) in [6.45, 7) is 2.21. The molecular formula is C18H27FO2. The van der Waals surface area contributed by atoms with Crippen molar-refractivity contribution < 1.29 is 13.9 Å². The molecule has 0 aliphatic rings. The van der Waals surface area contributed by atoms with Gasteiger partial charge in [-0.3, -0.25) is 4.79 Å². The highest BCUT2D eigenvalue weighted by molar-refractivity contribution is 5.80. The number of ketones is 1. The Balaban J connectivity index is 2.20. The average Bonchev–Trinajstić information content (AvgIpc) is 2.46. The van der Waals surface area contributed by atoms with E-state index in [4.69, 9.17) is 4.74 Å². The molecule has 0 spiro atoms. The van der Waals surface area contributed by atoms with Crippen molar-refractivity contribution in [3.8, 4) is 5.75 Å². The molecule has 0 saturated carbocycles. The molecule has 0 aliphatic heterocycles. The Bertz CT molecular complexity index is 429. The van der Waals surface area contributed by atoms with Gasteiger partial charge < -0.3 is 4.74 Å². The van der Waals surface area contributed by atoms with Crippen LogP contribution in [-0.4, -0.2) is 12.9 Å². The summed E-state index contributed by atoms with van der Waals surface area (Å²) in [5, 5.41) is 0. The predicted molar refractivity (Wildman–Crippen MR) is 84.3 cm³/mol. The van der Waals surface area contributed by atoms with E-state index in [-0.39, 0.29) is 11.5 Å². The van der Waals surface area contributed by atoms with E-state index >= 15 is 0 Å². The molecule has 0 atom stereocenters. The second-order valence-corrected chi connectivity index (χ2v) is 5.56. The average molecular weight is 294 g/mol. The Hall–Kier alpha value is -1.38. The summed E-state index contributed by atoms with van der Waals surface area (Å²) in [5.41, 5.74) is 0.723. The van der Waals surface area contributed by atoms with Crippen LogP contribution in [0.1, 0.15) is 63.9 Å². The fourth-order valence-electron chi connectivity index (χ4n) is 2.42. The van der Waals surface area contributed by atoms with Gasteiger partial charge in [-0.15, -0.1) is 0 Å². The van der Waals surface area contributed by atoms with Gasteiger partial charge in [0.2, 0.25) is 0 Å². The molecule has 0 radical (unpaired) electrons. The lowest BCUT2D eigenvalue weighted by Gasteiger charge is -2.05. The summed E-state index contributed by atoms with van der Waals surface area (Å²) in [4.78, 5) is 11.9. The van der Waals surface area contributed by atoms with Crippen molar-refractivity contribution in [3.63, 3.8) is 0 Å². The first-order chi connectivity index (χ1) is 10.2. The molecule has 118 valence electrons. The van der Waals surface area contributed by atoms with Crippen molar-refractivity contribution in [2.75, 3.05) is 7.11 Å². The van der Waals surface area contributed by atoms with Crippen LogP contribution in [0.25, 0.3) is 0 Å². The first-order valence-electron chi connectivity index (χ1n) is 8.01. The van der Waals surface area contributed by atoms with E-state index in [1.165, 1.54) is 45.3 Å². The molecule has 0 bridgehead atoms. The van der Waals surface area contributed by atoms with Gasteiger partial charge >= 0.3 is 0 Å². The number of ether oxygens (including phenoxy) is 1. The number of hydrogen-bond acceptors (Lipinski definition) is 2. The van der Waals surface area contributed by atoms with E-state index in [9.17, 15) is 9.18 Å². The van der Waals surface area contributed by atoms with Crippen LogP contribution in [0, 0.1) is 5.82 Å². The SMILES string of the molecule is CCCCCCCCCC(=O)Cc1ccc(OC)c(F)c1. The van der Waals surface area contributed by atoms with Gasteiger partial charge in [0.1, 0.15) is 5.78 Å². The molecule has 1 aromatic carbocycles. The zero-order valence-electron chi connectivity index (χ0n) is 13.3. The van der Waals surface area contributed by atoms with Crippen molar-refractivity contribution >= 4 is 5.78 Å². The van der Waals surface area contributed by atoms with Gasteiger partial charge in [-0.2, -0.15) is 0 Å². The van der Waals surface area contributed by atoms with Crippen LogP contribution in [0.15, 0.2) is 18.2 Å². The highest BCUT2D eigenvalue weighted by Gasteiger charge is 2.07. The zero-order valence-corrected chi connectivity index (χ0v) is 13.3. The second-order valence-electron chi connectivity index (χ2n) is 5.56. The highest BCUT2D eigenvalue weighted by atomic mass is 19.1. The lowest BCUT2D eigenvalue weighted by atomic mass is 10.0. The second kappa shape index (κ2) is 10.4. The third-order valence-electron chi connectivity index (χ3n) is 3.68. The predicted octanol–water partition coefficient (Wildman–Crippen LogP) is 5.09. The molecule has 0 heterocycles. The van der Waals surface area contributed by atoms with E-state index in [2.05, 4.69) is 6.92 Å². The molecular weight excluding hydrogens is 267 g/mol. The van der Waals surface area contributed by atoms with Crippen LogP contribution >= 0.6 is 0 Å². The van der Waals surface area contributed by atoms with E-state index in [1.54, 1.807) is 12.1 Å². The molecule has 0 amide bonds. The van der Waals surface area contributed by atoms with Crippen molar-refractivity contribution in [1.29, 1.82) is 0 Å². The Kier molecular flexibility index (Phi) is 8.72. The summed E-state index contributed by atoms with van der Waals surface area (Å²) < 4.78 is 18.4. The number of unbranched alkanes of at least 4 members (excludes halogenated alkanes) is 6. The molecule has 0 aromatic heterocycles. The summed E-state index contributed by atoms with van der Waals surface area (Å²) in [7, 11) is 1.43. The molecule has 21 heavy (non-hydrogen) atoms. The lowest BCUT2D eigenvalue weighted by Crippen LogP contribution is -2.03. The van der Waals surface area contributed by atoms with E-state index in [1.807, 2.05) is 0 Å². The van der Waals surface area contributed by atoms with Crippen LogP contribution in [0.3, 0.4) is 0 Å². The van der Waals surface area contributed by atoms with Gasteiger partial charge in [-0.25, -0.2) is 4.39 Å². The Morgan fingerprint density at radius 2 is 1.76 bits per heavy atom. The maximum absolute atomic E-state index is 13.5. The number of rotatable bonds is 11. The standard InChI is InChI=1S/C18H27FO2/c1-3-4-5-6-7-8-9-10-16(20)13-15-11-12-18(21-2)17(19)14-15/h11-12,14H,3-10,13H2,1-2H3. The normalized spacial score (nSPS) is 10.6. The maximum atomic E-state index is 13.5. The summed E-state index contributed by atoms with van der Waals surface area (Å²) in [6.07, 6.45) is 9.33. The summed E-state index contributed by atoms with van der Waals surface area (Å²) >= 11 is 0. The lowest BCUT2D eigenvalue weighted by molar-refractivity contribution is -0.118. The van der Waals surface area contributed by atoms with Crippen LogP contribution in [0.5, 0.6) is 5.75 Å². The number of halogens is 1. The van der Waals surface area contributed by atoms with Crippen LogP contribution in [-0.2, 0) is 11.2 Å². The van der Waals surface area contributed by atoms with Gasteiger partial charge in [-0.05, 0) is 24.1 Å². The largest absolute Gasteiger partial charge is 0.494 e. The number of carbonyl (C=O) groups is 1. The van der Waals surface area contributed by atoms with Crippen LogP contribution < -0.4 is 4.74 Å². The number of Topliss-reactive ketones (excluding diaryl/α,β-unsaturated/α-hetero) is 1. The highest BCUT2D eigenvalue weighted by Crippen LogP contribution is 2.18. The smallest absolute Gasteiger partial charge is 0.165 e. The van der Waals surface area contributed by atoms with Crippen LogP contribution in [0.4, 0.5) is 4.39 Å². The van der Waals surface area contributed by atoms with E-state index in [0.717, 1.165) is 18.4 Å². The van der Waals surface area contributed by atoms with Crippen molar-refractivity contribution in [2.24, 2.45) is 0 Å². The summed E-state index contributed by atoms with van der Waals surface area (Å²) in [5.74, 6) is 0.00475. The molecule has 3 heteroatoms. The first kappa shape index (κ1) is 17.7. The monoisotopic (exact) mass is 294 g/mol. The summed E-state index contributed by atoms with van der Waals surface area (Å²) in [6, 6.07) is 4.72. The van der Waals surface area contributed by atoms with Gasteiger partial charge in [0, 0.05) is 12.8 Å². The van der Waals surface area contributed by atoms with E-state index < -0.39 is 5.82 Å². The van der Waals surface area contributed by atoms with Gasteiger partial charge in [-0.1, -0.05) is 51.5 Å². The fourth-order valence-corrected chi connectivity index (χ4v) is 2.42. The van der Waals surface area contributed by atoms with Gasteiger partial charge in [0.25, 0.3) is 0 Å². The molecule has 0 saturated heterocycles. The number of hydrogen-bond donors (Lipinski definition) is 0. The molecule has 1 aromatic rings. The third kappa shape index (κ3) is 7.26. The maximum Gasteiger partial charge on any atom is 0.165 e. The number of benzene rings is 1. The number of carbonyl (C=O) groups excluding carboxylic acids is 1. The van der Waals surface area contributed by atoms with E-state index in [0.29, 0.717) is 12.8 Å². The Morgan fingerprint density at radius 1 is 1.10 bits per heavy atom. The molecule has 0 unspecified atom stereocenters. The Labute approximate surface area is 127 Å². The van der Waals surface area contributed by atoms with Gasteiger partial charge in [0.05, 0.1) is 7.11 Å². The van der Waals surface area contributed by atoms with Crippen molar-refractivity contribution in [3.05, 3.63) is 29.6 Å². The number of methoxy groups -OCH3 is 1. The third-order valence-corrected chi connectivity index (χ3v) is 3.68. The Morgan fingerprint density at radius 3 is 2.38 bits per heavy atom. The minimum atomic E-state index is -0.404. The molecule has 0 N–H and O–H groups in total. The minimum absolute atomic E-state index is 0.188. The minimum Gasteiger partial charge on any atom is -0.494 e. The first-order valence-corrected chi connectivity index (χ1v) is 8.01. The van der Waals surface area contributed by atoms with Crippen molar-refractivity contribution in [2.45, 2.75) is 64.7 Å².